The summed E-state index contributed by atoms with van der Waals surface area (Å²) >= 11 is 0. The Hall–Kier alpha value is -1.35. The summed E-state index contributed by atoms with van der Waals surface area (Å²) in [6, 6.07) is 4.91. The second-order valence-corrected chi connectivity index (χ2v) is 8.45. The molecule has 166 valence electrons. The van der Waals surface area contributed by atoms with E-state index in [1.54, 1.807) is 12.1 Å². The normalized spacial score (nSPS) is 20.5. The van der Waals surface area contributed by atoms with E-state index in [4.69, 9.17) is 4.99 Å². The number of hydrogen-bond donors (Lipinski definition) is 2. The van der Waals surface area contributed by atoms with Gasteiger partial charge in [-0.3, -0.25) is 4.99 Å². The highest BCUT2D eigenvalue weighted by atomic mass is 127. The number of likely N-dealkylation sites (tertiary alicyclic amines) is 2. The van der Waals surface area contributed by atoms with Gasteiger partial charge in [0, 0.05) is 49.8 Å². The molecule has 2 fully saturated rings. The van der Waals surface area contributed by atoms with Crippen LogP contribution in [0.2, 0.25) is 0 Å². The van der Waals surface area contributed by atoms with E-state index in [-0.39, 0.29) is 29.8 Å². The second kappa shape index (κ2) is 11.3. The van der Waals surface area contributed by atoms with Crippen LogP contribution in [0.4, 0.5) is 4.39 Å². The Labute approximate surface area is 196 Å². The lowest BCUT2D eigenvalue weighted by atomic mass is 10.1. The molecule has 3 heterocycles. The van der Waals surface area contributed by atoms with Crippen molar-refractivity contribution < 1.29 is 4.39 Å². The Morgan fingerprint density at radius 3 is 2.87 bits per heavy atom. The monoisotopic (exact) mass is 527 g/mol. The third kappa shape index (κ3) is 5.87. The summed E-state index contributed by atoms with van der Waals surface area (Å²) < 4.78 is 13.6. The molecule has 0 saturated carbocycles. The minimum atomic E-state index is -0.188. The molecule has 4 rings (SSSR count). The van der Waals surface area contributed by atoms with Crippen LogP contribution in [0.1, 0.15) is 38.2 Å². The molecule has 1 atom stereocenters. The number of fused-ring (bicyclic) bond motifs is 1. The third-order valence-electron chi connectivity index (χ3n) is 6.26. The third-order valence-corrected chi connectivity index (χ3v) is 6.26. The molecule has 2 N–H and O–H groups in total. The number of guanidine groups is 1. The van der Waals surface area contributed by atoms with Crippen molar-refractivity contribution in [2.45, 2.75) is 39.0 Å². The topological polar surface area (TPSA) is 46.7 Å². The van der Waals surface area contributed by atoms with Crippen molar-refractivity contribution in [3.05, 3.63) is 35.8 Å². The first kappa shape index (κ1) is 23.3. The van der Waals surface area contributed by atoms with E-state index in [2.05, 4.69) is 27.0 Å². The minimum Gasteiger partial charge on any atom is -0.361 e. The molecule has 1 aromatic carbocycles. The summed E-state index contributed by atoms with van der Waals surface area (Å²) in [5.41, 5.74) is 2.11. The van der Waals surface area contributed by atoms with Gasteiger partial charge in [-0.15, -0.1) is 24.0 Å². The molecule has 1 aromatic heterocycles. The van der Waals surface area contributed by atoms with E-state index < -0.39 is 0 Å². The SMILES string of the molecule is CCNC(=NCCc1c[nH]c2ccc(F)cc12)N1CCC(CN2CCCCC2)C1.I. The average molecular weight is 527 g/mol. The van der Waals surface area contributed by atoms with E-state index in [1.165, 1.54) is 51.4 Å². The number of rotatable bonds is 6. The quantitative estimate of drug-likeness (QED) is 0.336. The van der Waals surface area contributed by atoms with Crippen molar-refractivity contribution in [1.29, 1.82) is 0 Å². The summed E-state index contributed by atoms with van der Waals surface area (Å²) in [6.07, 6.45) is 8.16. The predicted octanol–water partition coefficient (Wildman–Crippen LogP) is 4.24. The van der Waals surface area contributed by atoms with Gasteiger partial charge in [0.1, 0.15) is 5.82 Å². The molecule has 2 aromatic rings. The zero-order valence-electron chi connectivity index (χ0n) is 18.0. The van der Waals surface area contributed by atoms with Crippen molar-refractivity contribution in [2.75, 3.05) is 45.8 Å². The van der Waals surface area contributed by atoms with E-state index in [0.29, 0.717) is 6.54 Å². The molecule has 2 aliphatic rings. The molecule has 5 nitrogen and oxygen atoms in total. The van der Waals surface area contributed by atoms with Gasteiger partial charge >= 0.3 is 0 Å². The Morgan fingerprint density at radius 2 is 2.07 bits per heavy atom. The first-order chi connectivity index (χ1) is 14.2. The fraction of sp³-hybridized carbons (Fsp3) is 0.609. The van der Waals surface area contributed by atoms with Gasteiger partial charge in [0.25, 0.3) is 0 Å². The van der Waals surface area contributed by atoms with E-state index in [0.717, 1.165) is 54.4 Å². The molecule has 30 heavy (non-hydrogen) atoms. The summed E-state index contributed by atoms with van der Waals surface area (Å²) in [5.74, 6) is 1.58. The zero-order valence-corrected chi connectivity index (χ0v) is 20.3. The molecule has 0 spiro atoms. The number of benzene rings is 1. The number of aliphatic imine (C=N–C) groups is 1. The Kier molecular flexibility index (Phi) is 8.80. The van der Waals surface area contributed by atoms with Crippen LogP contribution in [0, 0.1) is 11.7 Å². The lowest BCUT2D eigenvalue weighted by Crippen LogP contribution is -2.41. The summed E-state index contributed by atoms with van der Waals surface area (Å²) in [4.78, 5) is 13.2. The maximum absolute atomic E-state index is 13.6. The fourth-order valence-electron chi connectivity index (χ4n) is 4.75. The number of hydrogen-bond acceptors (Lipinski definition) is 2. The molecule has 0 amide bonds. The Bertz CT molecular complexity index is 830. The van der Waals surface area contributed by atoms with Crippen molar-refractivity contribution in [3.63, 3.8) is 0 Å². The molecule has 2 saturated heterocycles. The molecule has 2 aliphatic heterocycles. The van der Waals surface area contributed by atoms with Crippen molar-refractivity contribution in [2.24, 2.45) is 10.9 Å². The zero-order chi connectivity index (χ0) is 20.1. The molecule has 0 bridgehead atoms. The summed E-state index contributed by atoms with van der Waals surface area (Å²) in [6.45, 7) is 9.68. The van der Waals surface area contributed by atoms with Crippen LogP contribution in [-0.4, -0.2) is 66.6 Å². The average Bonchev–Trinajstić information content (AvgIpc) is 3.35. The summed E-state index contributed by atoms with van der Waals surface area (Å²) in [5, 5.41) is 4.44. The van der Waals surface area contributed by atoms with Crippen LogP contribution >= 0.6 is 24.0 Å². The van der Waals surface area contributed by atoms with Gasteiger partial charge in [0.15, 0.2) is 5.96 Å². The number of piperidine rings is 1. The number of aromatic nitrogens is 1. The highest BCUT2D eigenvalue weighted by molar-refractivity contribution is 14.0. The first-order valence-electron chi connectivity index (χ1n) is 11.2. The molecular weight excluding hydrogens is 492 g/mol. The standard InChI is InChI=1S/C23H34FN5.HI/c1-2-25-23(29-13-9-18(17-29)16-28-11-4-3-5-12-28)26-10-8-19-15-27-22-7-6-20(24)14-21(19)22;/h6-7,14-15,18,27H,2-5,8-13,16-17H2,1H3,(H,25,26);1H. The van der Waals surface area contributed by atoms with Crippen LogP contribution in [-0.2, 0) is 6.42 Å². The largest absolute Gasteiger partial charge is 0.361 e. The predicted molar refractivity (Wildman–Crippen MR) is 133 cm³/mol. The van der Waals surface area contributed by atoms with Gasteiger partial charge in [-0.2, -0.15) is 0 Å². The van der Waals surface area contributed by atoms with E-state index >= 15 is 0 Å². The van der Waals surface area contributed by atoms with Gasteiger partial charge in [0.05, 0.1) is 0 Å². The molecule has 1 unspecified atom stereocenters. The molecular formula is C23H35FIN5. The van der Waals surface area contributed by atoms with E-state index in [9.17, 15) is 4.39 Å². The first-order valence-corrected chi connectivity index (χ1v) is 11.2. The number of H-pyrrole nitrogens is 1. The van der Waals surface area contributed by atoms with Crippen molar-refractivity contribution in [3.8, 4) is 0 Å². The highest BCUT2D eigenvalue weighted by Gasteiger charge is 2.26. The van der Waals surface area contributed by atoms with Gasteiger partial charge < -0.3 is 20.1 Å². The van der Waals surface area contributed by atoms with Gasteiger partial charge in [-0.1, -0.05) is 6.42 Å². The van der Waals surface area contributed by atoms with Crippen LogP contribution in [0.5, 0.6) is 0 Å². The lowest BCUT2D eigenvalue weighted by Gasteiger charge is -2.29. The van der Waals surface area contributed by atoms with Crippen molar-refractivity contribution >= 4 is 40.8 Å². The smallest absolute Gasteiger partial charge is 0.193 e. The van der Waals surface area contributed by atoms with Crippen LogP contribution in [0.3, 0.4) is 0 Å². The minimum absolute atomic E-state index is 0. The number of nitrogens with zero attached hydrogens (tertiary/aromatic N) is 3. The number of aromatic amines is 1. The van der Waals surface area contributed by atoms with Crippen molar-refractivity contribution in [1.82, 2.24) is 20.1 Å². The Morgan fingerprint density at radius 1 is 1.23 bits per heavy atom. The highest BCUT2D eigenvalue weighted by Crippen LogP contribution is 2.21. The number of nitrogens with one attached hydrogen (secondary N) is 2. The maximum Gasteiger partial charge on any atom is 0.193 e. The van der Waals surface area contributed by atoms with Gasteiger partial charge in [-0.25, -0.2) is 4.39 Å². The van der Waals surface area contributed by atoms with Gasteiger partial charge in [0.2, 0.25) is 0 Å². The molecule has 0 radical (unpaired) electrons. The Balaban J connectivity index is 0.00000256. The van der Waals surface area contributed by atoms with Crippen LogP contribution in [0.15, 0.2) is 29.4 Å². The summed E-state index contributed by atoms with van der Waals surface area (Å²) in [7, 11) is 0. The maximum atomic E-state index is 13.6. The lowest BCUT2D eigenvalue weighted by molar-refractivity contribution is 0.198. The second-order valence-electron chi connectivity index (χ2n) is 8.45. The molecule has 7 heteroatoms. The van der Waals surface area contributed by atoms with E-state index in [1.807, 2.05) is 6.20 Å². The van der Waals surface area contributed by atoms with Crippen LogP contribution < -0.4 is 5.32 Å². The fourth-order valence-corrected chi connectivity index (χ4v) is 4.75. The van der Waals surface area contributed by atoms with Gasteiger partial charge in [-0.05, 0) is 75.4 Å². The number of halogens is 2. The van der Waals surface area contributed by atoms with Crippen LogP contribution in [0.25, 0.3) is 10.9 Å². The molecule has 0 aliphatic carbocycles.